The van der Waals surface area contributed by atoms with E-state index in [0.29, 0.717) is 5.82 Å². The predicted octanol–water partition coefficient (Wildman–Crippen LogP) is 2.56. The highest BCUT2D eigenvalue weighted by molar-refractivity contribution is 5.64. The van der Waals surface area contributed by atoms with Crippen molar-refractivity contribution in [2.75, 3.05) is 0 Å². The fourth-order valence-corrected chi connectivity index (χ4v) is 2.48. The number of nitrogens with zero attached hydrogens (tertiary/aromatic N) is 4. The molecular weight excluding hydrogens is 236 g/mol. The number of aryl methyl sites for hydroxylation is 2. The minimum atomic E-state index is 0.701. The third-order valence-corrected chi connectivity index (χ3v) is 3.42. The first-order valence-electron chi connectivity index (χ1n) is 6.36. The largest absolute Gasteiger partial charge is 0.253 e. The topological polar surface area (TPSA) is 43.6 Å². The first kappa shape index (κ1) is 10.4. The average molecular weight is 248 g/mol. The third kappa shape index (κ3) is 1.64. The van der Waals surface area contributed by atoms with E-state index < -0.39 is 0 Å². The molecule has 2 aromatic heterocycles. The Kier molecular flexibility index (Phi) is 2.21. The molecule has 1 aromatic carbocycles. The van der Waals surface area contributed by atoms with E-state index in [-0.39, 0.29) is 0 Å². The zero-order valence-corrected chi connectivity index (χ0v) is 10.3. The highest BCUT2D eigenvalue weighted by Crippen LogP contribution is 2.28. The van der Waals surface area contributed by atoms with Crippen LogP contribution in [-0.4, -0.2) is 19.7 Å². The summed E-state index contributed by atoms with van der Waals surface area (Å²) < 4.78 is 1.98. The van der Waals surface area contributed by atoms with Crippen LogP contribution < -0.4 is 0 Å². The molecule has 0 radical (unpaired) electrons. The summed E-state index contributed by atoms with van der Waals surface area (Å²) in [6.45, 7) is 0.881. The van der Waals surface area contributed by atoms with Gasteiger partial charge in [-0.3, -0.25) is 4.98 Å². The van der Waals surface area contributed by atoms with Crippen LogP contribution in [0, 0.1) is 0 Å². The number of fused-ring (bicyclic) bond motifs is 3. The highest BCUT2D eigenvalue weighted by atomic mass is 15.4. The van der Waals surface area contributed by atoms with Gasteiger partial charge in [0.25, 0.3) is 0 Å². The Morgan fingerprint density at radius 1 is 1.00 bits per heavy atom. The van der Waals surface area contributed by atoms with Crippen LogP contribution >= 0.6 is 0 Å². The Morgan fingerprint density at radius 3 is 2.79 bits per heavy atom. The van der Waals surface area contributed by atoms with E-state index in [1.807, 2.05) is 28.9 Å². The van der Waals surface area contributed by atoms with Gasteiger partial charge >= 0.3 is 0 Å². The minimum absolute atomic E-state index is 0.701. The number of hydrogen-bond donors (Lipinski definition) is 0. The van der Waals surface area contributed by atoms with Crippen molar-refractivity contribution in [1.29, 1.82) is 0 Å². The molecule has 4 rings (SSSR count). The third-order valence-electron chi connectivity index (χ3n) is 3.42. The van der Waals surface area contributed by atoms with Crippen molar-refractivity contribution in [2.45, 2.75) is 13.0 Å². The summed E-state index contributed by atoms with van der Waals surface area (Å²) >= 11 is 0. The van der Waals surface area contributed by atoms with Gasteiger partial charge in [0.2, 0.25) is 0 Å². The van der Waals surface area contributed by atoms with Gasteiger partial charge in [-0.05, 0) is 24.1 Å². The maximum absolute atomic E-state index is 4.65. The van der Waals surface area contributed by atoms with Crippen molar-refractivity contribution in [3.63, 3.8) is 0 Å². The number of benzene rings is 1. The quantitative estimate of drug-likeness (QED) is 0.664. The van der Waals surface area contributed by atoms with Gasteiger partial charge in [0.1, 0.15) is 5.69 Å². The zero-order chi connectivity index (χ0) is 12.7. The first-order valence-corrected chi connectivity index (χ1v) is 6.36. The molecule has 0 atom stereocenters. The van der Waals surface area contributed by atoms with Crippen LogP contribution in [0.5, 0.6) is 0 Å². The molecule has 0 amide bonds. The molecule has 0 saturated carbocycles. The number of rotatable bonds is 1. The summed E-state index contributed by atoms with van der Waals surface area (Å²) in [7, 11) is 0. The Hall–Kier alpha value is -2.49. The Balaban J connectivity index is 1.88. The smallest absolute Gasteiger partial charge is 0.200 e. The molecule has 0 unspecified atom stereocenters. The molecule has 0 bridgehead atoms. The van der Waals surface area contributed by atoms with Gasteiger partial charge < -0.3 is 0 Å². The first-order chi connectivity index (χ1) is 9.42. The second-order valence-corrected chi connectivity index (χ2v) is 4.60. The zero-order valence-electron chi connectivity index (χ0n) is 10.3. The minimum Gasteiger partial charge on any atom is -0.253 e. The molecule has 92 valence electrons. The van der Waals surface area contributed by atoms with Crippen LogP contribution in [0.2, 0.25) is 0 Å². The number of pyridine rings is 1. The summed E-state index contributed by atoms with van der Waals surface area (Å²) in [5.41, 5.74) is 3.35. The molecule has 19 heavy (non-hydrogen) atoms. The normalized spacial score (nSPS) is 12.8. The van der Waals surface area contributed by atoms with Crippen LogP contribution in [0.1, 0.15) is 5.56 Å². The highest BCUT2D eigenvalue weighted by Gasteiger charge is 2.20. The Morgan fingerprint density at radius 2 is 1.89 bits per heavy atom. The fraction of sp³-hybridized carbons (Fsp3) is 0.133. The molecule has 0 spiro atoms. The lowest BCUT2D eigenvalue weighted by molar-refractivity contribution is 0.607. The predicted molar refractivity (Wildman–Crippen MR) is 72.4 cm³/mol. The van der Waals surface area contributed by atoms with E-state index in [2.05, 4.69) is 33.3 Å². The van der Waals surface area contributed by atoms with Gasteiger partial charge in [-0.25, -0.2) is 9.67 Å². The maximum Gasteiger partial charge on any atom is 0.200 e. The molecule has 0 aliphatic carbocycles. The van der Waals surface area contributed by atoms with Crippen molar-refractivity contribution >= 4 is 0 Å². The molecule has 3 heterocycles. The van der Waals surface area contributed by atoms with Gasteiger partial charge in [0.15, 0.2) is 11.6 Å². The molecule has 3 aromatic rings. The maximum atomic E-state index is 4.65. The van der Waals surface area contributed by atoms with Crippen molar-refractivity contribution < 1.29 is 0 Å². The van der Waals surface area contributed by atoms with Crippen LogP contribution in [-0.2, 0) is 13.0 Å². The lowest BCUT2D eigenvalue weighted by Crippen LogP contribution is -2.11. The lowest BCUT2D eigenvalue weighted by Gasteiger charge is -2.15. The fourth-order valence-electron chi connectivity index (χ4n) is 2.48. The molecule has 1 aliphatic heterocycles. The molecule has 1 aliphatic rings. The van der Waals surface area contributed by atoms with Crippen LogP contribution in [0.15, 0.2) is 48.7 Å². The van der Waals surface area contributed by atoms with E-state index in [0.717, 1.165) is 24.5 Å². The van der Waals surface area contributed by atoms with Gasteiger partial charge in [-0.1, -0.05) is 30.3 Å². The number of aromatic nitrogens is 4. The summed E-state index contributed by atoms with van der Waals surface area (Å²) in [4.78, 5) is 8.96. The van der Waals surface area contributed by atoms with E-state index in [1.165, 1.54) is 11.1 Å². The summed E-state index contributed by atoms with van der Waals surface area (Å²) in [6, 6.07) is 14.2. The molecule has 0 fully saturated rings. The second kappa shape index (κ2) is 4.02. The standard InChI is InChI=1S/C15H12N4/c1-2-6-12-11(5-1)8-10-19-15(12)17-14(18-19)13-7-3-4-9-16-13/h1-7,9H,8,10H2. The van der Waals surface area contributed by atoms with Crippen LogP contribution in [0.3, 0.4) is 0 Å². The average Bonchev–Trinajstić information content (AvgIpc) is 2.93. The molecular formula is C15H12N4. The van der Waals surface area contributed by atoms with Gasteiger partial charge in [0.05, 0.1) is 0 Å². The van der Waals surface area contributed by atoms with E-state index in [9.17, 15) is 0 Å². The van der Waals surface area contributed by atoms with E-state index >= 15 is 0 Å². The Labute approximate surface area is 110 Å². The van der Waals surface area contributed by atoms with Gasteiger partial charge in [0, 0.05) is 18.3 Å². The molecule has 0 saturated heterocycles. The monoisotopic (exact) mass is 248 g/mol. The lowest BCUT2D eigenvalue weighted by atomic mass is 10.0. The second-order valence-electron chi connectivity index (χ2n) is 4.60. The Bertz CT molecular complexity index is 731. The summed E-state index contributed by atoms with van der Waals surface area (Å²) in [5.74, 6) is 1.65. The van der Waals surface area contributed by atoms with Gasteiger partial charge in [-0.2, -0.15) is 0 Å². The SMILES string of the molecule is c1ccc(-c2nc3n(n2)CCc2ccccc2-3)nc1. The van der Waals surface area contributed by atoms with E-state index in [1.54, 1.807) is 6.20 Å². The molecule has 4 nitrogen and oxygen atoms in total. The van der Waals surface area contributed by atoms with Crippen LogP contribution in [0.4, 0.5) is 0 Å². The van der Waals surface area contributed by atoms with Crippen molar-refractivity contribution in [1.82, 2.24) is 19.7 Å². The van der Waals surface area contributed by atoms with Crippen LogP contribution in [0.25, 0.3) is 22.9 Å². The van der Waals surface area contributed by atoms with Crippen molar-refractivity contribution in [3.05, 3.63) is 54.2 Å². The summed E-state index contributed by atoms with van der Waals surface area (Å²) in [6.07, 6.45) is 2.78. The van der Waals surface area contributed by atoms with Crippen molar-refractivity contribution in [2.24, 2.45) is 0 Å². The molecule has 0 N–H and O–H groups in total. The van der Waals surface area contributed by atoms with E-state index in [4.69, 9.17) is 0 Å². The van der Waals surface area contributed by atoms with Crippen molar-refractivity contribution in [3.8, 4) is 22.9 Å². The summed E-state index contributed by atoms with van der Waals surface area (Å²) in [5, 5.41) is 4.56. The number of hydrogen-bond acceptors (Lipinski definition) is 3. The van der Waals surface area contributed by atoms with Gasteiger partial charge in [-0.15, -0.1) is 5.10 Å². The molecule has 4 heteroatoms.